The standard InChI is InChI=1S/C21H23NO6/c1-24-15-6-5-14-18(19(15)27-4)21(23)28-20(14)22-8-7-12-9-16(25-2)17(26-3)10-13(12)11-22/h5-6,9-10,20H,7-8,11H2,1-4H3/t20-/m0/s1. The van der Waals surface area contributed by atoms with Crippen LogP contribution in [0.4, 0.5) is 0 Å². The van der Waals surface area contributed by atoms with E-state index in [9.17, 15) is 4.79 Å². The van der Waals surface area contributed by atoms with Crippen molar-refractivity contribution in [3.05, 3.63) is 46.5 Å². The summed E-state index contributed by atoms with van der Waals surface area (Å²) in [5.41, 5.74) is 3.58. The third kappa shape index (κ3) is 2.82. The molecule has 0 spiro atoms. The maximum atomic E-state index is 12.6. The van der Waals surface area contributed by atoms with E-state index in [4.69, 9.17) is 23.7 Å². The average Bonchev–Trinajstić information content (AvgIpc) is 3.08. The second-order valence-corrected chi connectivity index (χ2v) is 6.72. The van der Waals surface area contributed by atoms with E-state index in [2.05, 4.69) is 4.90 Å². The SMILES string of the molecule is COc1cc2c(cc1OC)CN([C@H]1OC(=O)c3c1ccc(OC)c3OC)CC2. The van der Waals surface area contributed by atoms with Gasteiger partial charge in [0.15, 0.2) is 29.2 Å². The molecule has 0 saturated carbocycles. The largest absolute Gasteiger partial charge is 0.493 e. The van der Waals surface area contributed by atoms with Gasteiger partial charge in [-0.1, -0.05) is 0 Å². The number of hydrogen-bond donors (Lipinski definition) is 0. The summed E-state index contributed by atoms with van der Waals surface area (Å²) in [5.74, 6) is 1.95. The fourth-order valence-electron chi connectivity index (χ4n) is 3.96. The topological polar surface area (TPSA) is 66.5 Å². The molecular weight excluding hydrogens is 362 g/mol. The van der Waals surface area contributed by atoms with Crippen molar-refractivity contribution in [2.45, 2.75) is 19.2 Å². The third-order valence-electron chi connectivity index (χ3n) is 5.35. The van der Waals surface area contributed by atoms with Gasteiger partial charge in [-0.25, -0.2) is 4.79 Å². The number of carbonyl (C=O) groups is 1. The smallest absolute Gasteiger partial charge is 0.344 e. The molecule has 148 valence electrons. The van der Waals surface area contributed by atoms with Crippen molar-refractivity contribution in [1.29, 1.82) is 0 Å². The number of benzene rings is 2. The molecule has 4 rings (SSSR count). The highest BCUT2D eigenvalue weighted by Crippen LogP contribution is 2.44. The number of carbonyl (C=O) groups excluding carboxylic acids is 1. The van der Waals surface area contributed by atoms with E-state index in [0.717, 1.165) is 29.8 Å². The first-order valence-electron chi connectivity index (χ1n) is 9.05. The Morgan fingerprint density at radius 3 is 2.25 bits per heavy atom. The van der Waals surface area contributed by atoms with Gasteiger partial charge in [-0.15, -0.1) is 0 Å². The molecule has 0 radical (unpaired) electrons. The minimum absolute atomic E-state index is 0.395. The summed E-state index contributed by atoms with van der Waals surface area (Å²) < 4.78 is 27.3. The molecule has 0 aliphatic carbocycles. The zero-order chi connectivity index (χ0) is 19.8. The molecular formula is C21H23NO6. The van der Waals surface area contributed by atoms with Gasteiger partial charge in [0, 0.05) is 18.7 Å². The molecule has 2 aliphatic heterocycles. The van der Waals surface area contributed by atoms with Crippen LogP contribution in [0.5, 0.6) is 23.0 Å². The van der Waals surface area contributed by atoms with Crippen molar-refractivity contribution in [2.24, 2.45) is 0 Å². The maximum absolute atomic E-state index is 12.6. The Kier molecular flexibility index (Phi) is 4.77. The van der Waals surface area contributed by atoms with Crippen molar-refractivity contribution in [1.82, 2.24) is 4.90 Å². The Balaban J connectivity index is 1.67. The molecule has 0 saturated heterocycles. The summed E-state index contributed by atoms with van der Waals surface area (Å²) in [7, 11) is 6.33. The van der Waals surface area contributed by atoms with Gasteiger partial charge in [0.1, 0.15) is 5.56 Å². The van der Waals surface area contributed by atoms with Crippen LogP contribution in [0.15, 0.2) is 24.3 Å². The van der Waals surface area contributed by atoms with Crippen LogP contribution in [0.1, 0.15) is 33.3 Å². The number of methoxy groups -OCH3 is 4. The summed E-state index contributed by atoms with van der Waals surface area (Å²) in [6, 6.07) is 7.69. The molecule has 2 heterocycles. The number of cyclic esters (lactones) is 1. The average molecular weight is 385 g/mol. The fraction of sp³-hybridized carbons (Fsp3) is 0.381. The highest BCUT2D eigenvalue weighted by atomic mass is 16.6. The number of rotatable bonds is 5. The zero-order valence-corrected chi connectivity index (χ0v) is 16.4. The second-order valence-electron chi connectivity index (χ2n) is 6.72. The molecule has 0 aromatic heterocycles. The van der Waals surface area contributed by atoms with Crippen molar-refractivity contribution in [3.8, 4) is 23.0 Å². The van der Waals surface area contributed by atoms with Gasteiger partial charge in [0.05, 0.1) is 28.4 Å². The first-order valence-corrected chi connectivity index (χ1v) is 9.05. The van der Waals surface area contributed by atoms with Crippen LogP contribution < -0.4 is 18.9 Å². The predicted octanol–water partition coefficient (Wildman–Crippen LogP) is 2.95. The second kappa shape index (κ2) is 7.24. The van der Waals surface area contributed by atoms with Crippen molar-refractivity contribution < 1.29 is 28.5 Å². The first kappa shape index (κ1) is 18.4. The van der Waals surface area contributed by atoms with E-state index in [-0.39, 0.29) is 0 Å². The highest BCUT2D eigenvalue weighted by molar-refractivity contribution is 5.98. The van der Waals surface area contributed by atoms with E-state index in [0.29, 0.717) is 29.4 Å². The maximum Gasteiger partial charge on any atom is 0.344 e. The fourth-order valence-corrected chi connectivity index (χ4v) is 3.96. The van der Waals surface area contributed by atoms with Gasteiger partial charge >= 0.3 is 5.97 Å². The van der Waals surface area contributed by atoms with Gasteiger partial charge in [-0.3, -0.25) is 4.90 Å². The van der Waals surface area contributed by atoms with E-state index < -0.39 is 12.2 Å². The predicted molar refractivity (Wildman–Crippen MR) is 101 cm³/mol. The molecule has 0 fully saturated rings. The lowest BCUT2D eigenvalue weighted by molar-refractivity contribution is -0.0291. The van der Waals surface area contributed by atoms with Gasteiger partial charge in [-0.2, -0.15) is 0 Å². The normalized spacial score (nSPS) is 18.1. The van der Waals surface area contributed by atoms with Crippen LogP contribution >= 0.6 is 0 Å². The Labute approximate surface area is 163 Å². The van der Waals surface area contributed by atoms with Crippen molar-refractivity contribution in [2.75, 3.05) is 35.0 Å². The number of fused-ring (bicyclic) bond motifs is 2. The van der Waals surface area contributed by atoms with E-state index in [1.54, 1.807) is 27.4 Å². The number of esters is 1. The van der Waals surface area contributed by atoms with E-state index in [1.807, 2.05) is 18.2 Å². The van der Waals surface area contributed by atoms with Crippen LogP contribution in [0.3, 0.4) is 0 Å². The lowest BCUT2D eigenvalue weighted by Gasteiger charge is -2.33. The molecule has 0 N–H and O–H groups in total. The number of ether oxygens (including phenoxy) is 5. The Morgan fingerprint density at radius 2 is 1.61 bits per heavy atom. The Morgan fingerprint density at radius 1 is 0.929 bits per heavy atom. The highest BCUT2D eigenvalue weighted by Gasteiger charge is 2.40. The molecule has 1 atom stereocenters. The number of nitrogens with zero attached hydrogens (tertiary/aromatic N) is 1. The number of hydrogen-bond acceptors (Lipinski definition) is 7. The monoisotopic (exact) mass is 385 g/mol. The summed E-state index contributed by atoms with van der Waals surface area (Å²) in [5, 5.41) is 0. The third-order valence-corrected chi connectivity index (χ3v) is 5.35. The molecule has 7 nitrogen and oxygen atoms in total. The van der Waals surface area contributed by atoms with Crippen LogP contribution in [0.2, 0.25) is 0 Å². The first-order chi connectivity index (χ1) is 13.6. The lowest BCUT2D eigenvalue weighted by atomic mass is 9.97. The lowest BCUT2D eigenvalue weighted by Crippen LogP contribution is -2.34. The van der Waals surface area contributed by atoms with Gasteiger partial charge in [-0.05, 0) is 41.8 Å². The summed E-state index contributed by atoms with van der Waals surface area (Å²) >= 11 is 0. The minimum Gasteiger partial charge on any atom is -0.493 e. The van der Waals surface area contributed by atoms with Crippen LogP contribution in [0, 0.1) is 0 Å². The molecule has 2 aliphatic rings. The Hall–Kier alpha value is -2.93. The van der Waals surface area contributed by atoms with Crippen LogP contribution in [-0.2, 0) is 17.7 Å². The molecule has 0 bridgehead atoms. The summed E-state index contributed by atoms with van der Waals surface area (Å²) in [6.45, 7) is 1.40. The molecule has 2 aromatic rings. The van der Waals surface area contributed by atoms with Gasteiger partial charge < -0.3 is 23.7 Å². The summed E-state index contributed by atoms with van der Waals surface area (Å²) in [6.07, 6.45) is 0.371. The van der Waals surface area contributed by atoms with E-state index in [1.165, 1.54) is 12.7 Å². The minimum atomic E-state index is -0.455. The van der Waals surface area contributed by atoms with E-state index >= 15 is 0 Å². The molecule has 2 aromatic carbocycles. The van der Waals surface area contributed by atoms with Crippen LogP contribution in [0.25, 0.3) is 0 Å². The van der Waals surface area contributed by atoms with Crippen molar-refractivity contribution >= 4 is 5.97 Å². The Bertz CT molecular complexity index is 926. The quantitative estimate of drug-likeness (QED) is 0.733. The van der Waals surface area contributed by atoms with Gasteiger partial charge in [0.25, 0.3) is 0 Å². The molecule has 0 amide bonds. The van der Waals surface area contributed by atoms with Gasteiger partial charge in [0.2, 0.25) is 0 Å². The molecule has 0 unspecified atom stereocenters. The zero-order valence-electron chi connectivity index (χ0n) is 16.4. The van der Waals surface area contributed by atoms with Crippen molar-refractivity contribution in [3.63, 3.8) is 0 Å². The summed E-state index contributed by atoms with van der Waals surface area (Å²) in [4.78, 5) is 14.7. The van der Waals surface area contributed by atoms with Crippen LogP contribution in [-0.4, -0.2) is 45.9 Å². The molecule has 7 heteroatoms. The molecule has 28 heavy (non-hydrogen) atoms.